The lowest BCUT2D eigenvalue weighted by atomic mass is 10.6. The van der Waals surface area contributed by atoms with Crippen LogP contribution in [0.15, 0.2) is 0 Å². The monoisotopic (exact) mass is 430 g/mol. The van der Waals surface area contributed by atoms with Crippen molar-refractivity contribution in [1.29, 1.82) is 0 Å². The van der Waals surface area contributed by atoms with Gasteiger partial charge in [0.2, 0.25) is 28.4 Å². The number of nitrogens with one attached hydrogen (secondary N) is 2. The topological polar surface area (TPSA) is 68.3 Å². The summed E-state index contributed by atoms with van der Waals surface area (Å²) in [6, 6.07) is 0. The van der Waals surface area contributed by atoms with Gasteiger partial charge in [-0.25, -0.2) is 4.98 Å². The van der Waals surface area contributed by atoms with E-state index in [9.17, 15) is 0 Å². The Bertz CT molecular complexity index is 523. The molecule has 150 valence electrons. The number of aromatic nitrogens is 2. The van der Waals surface area contributed by atoms with E-state index >= 15 is 0 Å². The van der Waals surface area contributed by atoms with Crippen molar-refractivity contribution < 1.29 is 8.85 Å². The molecule has 0 saturated heterocycles. The summed E-state index contributed by atoms with van der Waals surface area (Å²) in [5.74, 6) is 2.60. The molecule has 1 aromatic rings. The van der Waals surface area contributed by atoms with Crippen LogP contribution in [0.25, 0.3) is 0 Å². The third-order valence-electron chi connectivity index (χ3n) is 2.62. The molecule has 0 bridgehead atoms. The summed E-state index contributed by atoms with van der Waals surface area (Å²) in [6.07, 6.45) is 0. The number of rotatable bonds is 8. The van der Waals surface area contributed by atoms with E-state index in [1.165, 1.54) is 0 Å². The maximum Gasteiger partial charge on any atom is 0.246 e. The van der Waals surface area contributed by atoms with Crippen LogP contribution in [0, 0.1) is 0 Å². The van der Waals surface area contributed by atoms with Crippen molar-refractivity contribution in [1.82, 2.24) is 9.97 Å². The van der Waals surface area contributed by atoms with Crippen LogP contribution in [0.1, 0.15) is 0 Å². The molecule has 0 amide bonds. The lowest BCUT2D eigenvalue weighted by Crippen LogP contribution is -2.38. The van der Waals surface area contributed by atoms with Gasteiger partial charge in [-0.2, -0.15) is 4.98 Å². The lowest BCUT2D eigenvalue weighted by Gasteiger charge is -2.29. The van der Waals surface area contributed by atoms with E-state index < -0.39 is 33.1 Å². The highest BCUT2D eigenvalue weighted by Gasteiger charge is 2.29. The van der Waals surface area contributed by atoms with Crippen LogP contribution in [0.4, 0.5) is 11.6 Å². The van der Waals surface area contributed by atoms with Crippen molar-refractivity contribution in [3.8, 4) is 11.8 Å². The average Bonchev–Trinajstić information content (AvgIpc) is 2.26. The Balaban J connectivity index is 3.53. The van der Waals surface area contributed by atoms with Crippen molar-refractivity contribution in [2.75, 3.05) is 9.96 Å². The van der Waals surface area contributed by atoms with Crippen molar-refractivity contribution in [3.63, 3.8) is 0 Å². The SMILES string of the molecule is C[Si](C)(C)Nc1nc(N[Si](C)(C)C)c(O[Si](C)(C)C)nc1O[Si](C)(C)C. The predicted octanol–water partition coefficient (Wildman–Crippen LogP) is 5.40. The van der Waals surface area contributed by atoms with Gasteiger partial charge in [-0.05, 0) is 39.3 Å². The minimum absolute atomic E-state index is 0.570. The van der Waals surface area contributed by atoms with Crippen LogP contribution in [-0.4, -0.2) is 43.1 Å². The summed E-state index contributed by atoms with van der Waals surface area (Å²) in [4.78, 5) is 16.8. The zero-order valence-corrected chi connectivity index (χ0v) is 22.7. The van der Waals surface area contributed by atoms with E-state index in [2.05, 4.69) is 88.5 Å². The van der Waals surface area contributed by atoms with Gasteiger partial charge in [0.15, 0.2) is 11.6 Å². The highest BCUT2D eigenvalue weighted by Crippen LogP contribution is 2.34. The minimum Gasteiger partial charge on any atom is -0.529 e. The van der Waals surface area contributed by atoms with Gasteiger partial charge < -0.3 is 18.8 Å². The standard InChI is InChI=1S/C16H38N4O2Si4/c1-23(2,3)19-13-15(21-25(7,8)9)18-16(22-26(10,11)12)14(17-13)20-24(4,5)6/h1-12H3,(H2,17,19,20). The molecule has 1 rings (SSSR count). The molecule has 10 heteroatoms. The summed E-state index contributed by atoms with van der Waals surface area (Å²) in [7, 11) is -6.90. The van der Waals surface area contributed by atoms with Gasteiger partial charge in [-0.3, -0.25) is 0 Å². The Morgan fingerprint density at radius 2 is 0.846 bits per heavy atom. The molecular weight excluding hydrogens is 393 g/mol. The first-order valence-electron chi connectivity index (χ1n) is 9.21. The molecular formula is C16H38N4O2Si4. The molecule has 0 unspecified atom stereocenters. The second kappa shape index (κ2) is 7.64. The molecule has 1 aromatic heterocycles. The van der Waals surface area contributed by atoms with Gasteiger partial charge >= 0.3 is 0 Å². The molecule has 6 nitrogen and oxygen atoms in total. The highest BCUT2D eigenvalue weighted by atomic mass is 28.4. The molecule has 0 aliphatic heterocycles. The summed E-state index contributed by atoms with van der Waals surface area (Å²) >= 11 is 0. The molecule has 0 aliphatic rings. The Kier molecular flexibility index (Phi) is 6.82. The molecule has 0 radical (unpaired) electrons. The minimum atomic E-state index is -1.83. The van der Waals surface area contributed by atoms with Crippen LogP contribution >= 0.6 is 0 Å². The van der Waals surface area contributed by atoms with Gasteiger partial charge in [0.05, 0.1) is 0 Å². The Hall–Kier alpha value is -0.852. The van der Waals surface area contributed by atoms with Gasteiger partial charge in [0.1, 0.15) is 16.5 Å². The first-order valence-corrected chi connectivity index (χ1v) is 23.0. The zero-order chi connectivity index (χ0) is 20.6. The fraction of sp³-hybridized carbons (Fsp3) is 0.750. The van der Waals surface area contributed by atoms with E-state index in [4.69, 9.17) is 18.8 Å². The fourth-order valence-corrected chi connectivity index (χ4v) is 5.19. The Labute approximate surface area is 164 Å². The normalized spacial score (nSPS) is 13.4. The molecule has 0 saturated carbocycles. The summed E-state index contributed by atoms with van der Waals surface area (Å²) in [5, 5.41) is 0. The molecule has 1 heterocycles. The molecule has 26 heavy (non-hydrogen) atoms. The maximum absolute atomic E-state index is 6.26. The van der Waals surface area contributed by atoms with Gasteiger partial charge in [0, 0.05) is 0 Å². The van der Waals surface area contributed by atoms with Crippen molar-refractivity contribution >= 4 is 44.7 Å². The van der Waals surface area contributed by atoms with Crippen molar-refractivity contribution in [2.45, 2.75) is 78.6 Å². The van der Waals surface area contributed by atoms with Gasteiger partial charge in [-0.15, -0.1) is 0 Å². The average molecular weight is 431 g/mol. The van der Waals surface area contributed by atoms with E-state index in [1.54, 1.807) is 0 Å². The molecule has 0 atom stereocenters. The number of anilines is 2. The summed E-state index contributed by atoms with van der Waals surface area (Å²) in [5.41, 5.74) is 0. The predicted molar refractivity (Wildman–Crippen MR) is 124 cm³/mol. The molecule has 0 spiro atoms. The van der Waals surface area contributed by atoms with E-state index in [-0.39, 0.29) is 0 Å². The zero-order valence-electron chi connectivity index (χ0n) is 18.7. The van der Waals surface area contributed by atoms with Crippen LogP contribution < -0.4 is 18.8 Å². The number of hydrogen-bond acceptors (Lipinski definition) is 6. The second-order valence-corrected chi connectivity index (χ2v) is 29.1. The number of nitrogens with zero attached hydrogens (tertiary/aromatic N) is 2. The molecule has 0 aromatic carbocycles. The largest absolute Gasteiger partial charge is 0.529 e. The summed E-state index contributed by atoms with van der Waals surface area (Å²) in [6.45, 7) is 26.4. The smallest absolute Gasteiger partial charge is 0.246 e. The van der Waals surface area contributed by atoms with Crippen LogP contribution in [0.5, 0.6) is 11.8 Å². The van der Waals surface area contributed by atoms with Gasteiger partial charge in [-0.1, -0.05) is 39.3 Å². The van der Waals surface area contributed by atoms with Crippen molar-refractivity contribution in [2.24, 2.45) is 0 Å². The van der Waals surface area contributed by atoms with E-state index in [0.29, 0.717) is 11.8 Å². The van der Waals surface area contributed by atoms with Crippen LogP contribution in [0.2, 0.25) is 78.6 Å². The summed E-state index contributed by atoms with van der Waals surface area (Å²) < 4.78 is 12.5. The fourth-order valence-electron chi connectivity index (χ4n) is 2.00. The van der Waals surface area contributed by atoms with Crippen LogP contribution in [0.3, 0.4) is 0 Å². The maximum atomic E-state index is 6.26. The third kappa shape index (κ3) is 9.19. The molecule has 2 N–H and O–H groups in total. The van der Waals surface area contributed by atoms with E-state index in [0.717, 1.165) is 11.6 Å². The highest BCUT2D eigenvalue weighted by molar-refractivity contribution is 6.79. The molecule has 0 aliphatic carbocycles. The Morgan fingerprint density at radius 1 is 0.538 bits per heavy atom. The third-order valence-corrected chi connectivity index (χ3v) is 6.21. The van der Waals surface area contributed by atoms with Crippen molar-refractivity contribution in [3.05, 3.63) is 0 Å². The first kappa shape index (κ1) is 23.2. The lowest BCUT2D eigenvalue weighted by molar-refractivity contribution is 0.492. The number of hydrogen-bond donors (Lipinski definition) is 2. The van der Waals surface area contributed by atoms with Gasteiger partial charge in [0.25, 0.3) is 0 Å². The van der Waals surface area contributed by atoms with E-state index in [1.807, 2.05) is 0 Å². The quantitative estimate of drug-likeness (QED) is 0.538. The molecule has 0 fully saturated rings. The van der Waals surface area contributed by atoms with Crippen LogP contribution in [-0.2, 0) is 0 Å². The Morgan fingerprint density at radius 3 is 1.08 bits per heavy atom. The second-order valence-electron chi connectivity index (χ2n) is 10.7. The first-order chi connectivity index (χ1) is 11.3.